The van der Waals surface area contributed by atoms with Crippen molar-refractivity contribution in [2.24, 2.45) is 0 Å². The third-order valence-corrected chi connectivity index (χ3v) is 2.52. The molecule has 1 N–H and O–H groups in total. The molecule has 0 spiro atoms. The van der Waals surface area contributed by atoms with E-state index in [2.05, 4.69) is 28.7 Å². The zero-order valence-electron chi connectivity index (χ0n) is 9.68. The van der Waals surface area contributed by atoms with E-state index in [0.29, 0.717) is 6.04 Å². The molecule has 0 radical (unpaired) electrons. The highest BCUT2D eigenvalue weighted by Gasteiger charge is 2.04. The van der Waals surface area contributed by atoms with E-state index in [0.717, 1.165) is 18.7 Å². The predicted molar refractivity (Wildman–Crippen MR) is 61.9 cm³/mol. The molecule has 86 valence electrons. The molecule has 4 heteroatoms. The second-order valence-corrected chi connectivity index (χ2v) is 4.12. The van der Waals surface area contributed by atoms with Gasteiger partial charge in [-0.25, -0.2) is 4.98 Å². The smallest absolute Gasteiger partial charge is 0.0951 e. The van der Waals surface area contributed by atoms with Crippen LogP contribution >= 0.6 is 0 Å². The SMILES string of the molecule is CC(C)n1cncc1CNCc1ccoc1. The van der Waals surface area contributed by atoms with E-state index >= 15 is 0 Å². The molecule has 0 atom stereocenters. The molecule has 0 unspecified atom stereocenters. The van der Waals surface area contributed by atoms with Crippen molar-refractivity contribution < 1.29 is 4.42 Å². The number of rotatable bonds is 5. The van der Waals surface area contributed by atoms with Crippen molar-refractivity contribution in [1.82, 2.24) is 14.9 Å². The van der Waals surface area contributed by atoms with Crippen molar-refractivity contribution in [3.63, 3.8) is 0 Å². The first-order chi connectivity index (χ1) is 7.77. The molecular weight excluding hydrogens is 202 g/mol. The highest BCUT2D eigenvalue weighted by molar-refractivity contribution is 5.05. The van der Waals surface area contributed by atoms with E-state index in [9.17, 15) is 0 Å². The van der Waals surface area contributed by atoms with Gasteiger partial charge in [-0.1, -0.05) is 0 Å². The second-order valence-electron chi connectivity index (χ2n) is 4.12. The molecule has 0 aliphatic rings. The minimum Gasteiger partial charge on any atom is -0.472 e. The standard InChI is InChI=1S/C12H17N3O/c1-10(2)15-9-14-7-12(15)6-13-5-11-3-4-16-8-11/h3-4,7-10,13H,5-6H2,1-2H3. The monoisotopic (exact) mass is 219 g/mol. The molecule has 0 bridgehead atoms. The fourth-order valence-electron chi connectivity index (χ4n) is 1.66. The summed E-state index contributed by atoms with van der Waals surface area (Å²) in [6.45, 7) is 5.95. The van der Waals surface area contributed by atoms with Gasteiger partial charge in [0.1, 0.15) is 0 Å². The van der Waals surface area contributed by atoms with Crippen molar-refractivity contribution >= 4 is 0 Å². The average molecular weight is 219 g/mol. The third-order valence-electron chi connectivity index (χ3n) is 2.52. The lowest BCUT2D eigenvalue weighted by molar-refractivity contribution is 0.544. The first-order valence-electron chi connectivity index (χ1n) is 5.50. The van der Waals surface area contributed by atoms with Crippen molar-refractivity contribution in [2.75, 3.05) is 0 Å². The van der Waals surface area contributed by atoms with Crippen molar-refractivity contribution in [2.45, 2.75) is 33.0 Å². The number of hydrogen-bond acceptors (Lipinski definition) is 3. The van der Waals surface area contributed by atoms with E-state index in [1.165, 1.54) is 5.69 Å². The van der Waals surface area contributed by atoms with E-state index < -0.39 is 0 Å². The van der Waals surface area contributed by atoms with Gasteiger partial charge in [0.15, 0.2) is 0 Å². The summed E-state index contributed by atoms with van der Waals surface area (Å²) in [5.41, 5.74) is 2.37. The number of nitrogens with one attached hydrogen (secondary N) is 1. The van der Waals surface area contributed by atoms with Crippen LogP contribution in [0.5, 0.6) is 0 Å². The van der Waals surface area contributed by atoms with Crippen LogP contribution < -0.4 is 5.32 Å². The maximum Gasteiger partial charge on any atom is 0.0951 e. The van der Waals surface area contributed by atoms with E-state index in [4.69, 9.17) is 4.42 Å². The molecular formula is C12H17N3O. The van der Waals surface area contributed by atoms with Gasteiger partial charge in [0.2, 0.25) is 0 Å². The Balaban J connectivity index is 1.87. The summed E-state index contributed by atoms with van der Waals surface area (Å²) >= 11 is 0. The first kappa shape index (κ1) is 11.0. The number of nitrogens with zero attached hydrogens (tertiary/aromatic N) is 2. The van der Waals surface area contributed by atoms with Crippen LogP contribution in [-0.4, -0.2) is 9.55 Å². The topological polar surface area (TPSA) is 43.0 Å². The van der Waals surface area contributed by atoms with Gasteiger partial charge in [-0.3, -0.25) is 0 Å². The minimum atomic E-state index is 0.452. The highest BCUT2D eigenvalue weighted by atomic mass is 16.3. The first-order valence-corrected chi connectivity index (χ1v) is 5.50. The van der Waals surface area contributed by atoms with Gasteiger partial charge < -0.3 is 14.3 Å². The van der Waals surface area contributed by atoms with Gasteiger partial charge in [0.05, 0.1) is 24.5 Å². The summed E-state index contributed by atoms with van der Waals surface area (Å²) in [6, 6.07) is 2.42. The summed E-state index contributed by atoms with van der Waals surface area (Å²) < 4.78 is 7.18. The third kappa shape index (κ3) is 2.52. The number of furan rings is 1. The molecule has 16 heavy (non-hydrogen) atoms. The fraction of sp³-hybridized carbons (Fsp3) is 0.417. The van der Waals surface area contributed by atoms with E-state index in [-0.39, 0.29) is 0 Å². The molecule has 2 aromatic rings. The normalized spacial score (nSPS) is 11.2. The second kappa shape index (κ2) is 4.99. The molecule has 4 nitrogen and oxygen atoms in total. The van der Waals surface area contributed by atoms with Gasteiger partial charge in [-0.2, -0.15) is 0 Å². The molecule has 0 aliphatic carbocycles. The molecule has 2 rings (SSSR count). The Labute approximate surface area is 95.3 Å². The maximum atomic E-state index is 5.01. The summed E-state index contributed by atoms with van der Waals surface area (Å²) in [5.74, 6) is 0. The lowest BCUT2D eigenvalue weighted by Crippen LogP contribution is -2.16. The molecule has 2 heterocycles. The fourth-order valence-corrected chi connectivity index (χ4v) is 1.66. The Morgan fingerprint density at radius 2 is 2.31 bits per heavy atom. The zero-order chi connectivity index (χ0) is 11.4. The van der Waals surface area contributed by atoms with Crippen LogP contribution in [0.2, 0.25) is 0 Å². The zero-order valence-corrected chi connectivity index (χ0v) is 9.68. The van der Waals surface area contributed by atoms with Crippen LogP contribution in [0.3, 0.4) is 0 Å². The number of imidazole rings is 1. The Bertz CT molecular complexity index is 417. The van der Waals surface area contributed by atoms with Crippen LogP contribution in [0.4, 0.5) is 0 Å². The molecule has 0 saturated carbocycles. The average Bonchev–Trinajstić information content (AvgIpc) is 2.87. The minimum absolute atomic E-state index is 0.452. The molecule has 0 fully saturated rings. The van der Waals surface area contributed by atoms with Crippen molar-refractivity contribution in [3.05, 3.63) is 42.4 Å². The van der Waals surface area contributed by atoms with Crippen LogP contribution in [0.1, 0.15) is 31.1 Å². The van der Waals surface area contributed by atoms with Gasteiger partial charge in [-0.15, -0.1) is 0 Å². The van der Waals surface area contributed by atoms with Crippen LogP contribution in [0, 0.1) is 0 Å². The molecule has 0 saturated heterocycles. The summed E-state index contributed by atoms with van der Waals surface area (Å²) in [4.78, 5) is 4.16. The maximum absolute atomic E-state index is 5.01. The lowest BCUT2D eigenvalue weighted by Gasteiger charge is -2.11. The van der Waals surface area contributed by atoms with Crippen molar-refractivity contribution in [3.8, 4) is 0 Å². The Morgan fingerprint density at radius 3 is 3.00 bits per heavy atom. The number of aromatic nitrogens is 2. The largest absolute Gasteiger partial charge is 0.472 e. The van der Waals surface area contributed by atoms with Crippen LogP contribution in [0.25, 0.3) is 0 Å². The predicted octanol–water partition coefficient (Wildman–Crippen LogP) is 2.35. The van der Waals surface area contributed by atoms with Gasteiger partial charge >= 0.3 is 0 Å². The van der Waals surface area contributed by atoms with Gasteiger partial charge in [0, 0.05) is 30.9 Å². The van der Waals surface area contributed by atoms with E-state index in [1.54, 1.807) is 12.5 Å². The summed E-state index contributed by atoms with van der Waals surface area (Å²) in [5, 5.41) is 3.36. The highest BCUT2D eigenvalue weighted by Crippen LogP contribution is 2.08. The Morgan fingerprint density at radius 1 is 1.44 bits per heavy atom. The Hall–Kier alpha value is -1.55. The summed E-state index contributed by atoms with van der Waals surface area (Å²) in [6.07, 6.45) is 7.23. The van der Waals surface area contributed by atoms with Crippen LogP contribution in [0.15, 0.2) is 35.5 Å². The molecule has 2 aromatic heterocycles. The quantitative estimate of drug-likeness (QED) is 0.839. The Kier molecular flexibility index (Phi) is 3.41. The van der Waals surface area contributed by atoms with Crippen LogP contribution in [-0.2, 0) is 13.1 Å². The molecule has 0 aliphatic heterocycles. The van der Waals surface area contributed by atoms with Gasteiger partial charge in [-0.05, 0) is 19.9 Å². The molecule has 0 amide bonds. The number of hydrogen-bond donors (Lipinski definition) is 1. The lowest BCUT2D eigenvalue weighted by atomic mass is 10.3. The molecule has 0 aromatic carbocycles. The van der Waals surface area contributed by atoms with Crippen molar-refractivity contribution in [1.29, 1.82) is 0 Å². The van der Waals surface area contributed by atoms with E-state index in [1.807, 2.05) is 18.6 Å². The summed E-state index contributed by atoms with van der Waals surface area (Å²) in [7, 11) is 0. The van der Waals surface area contributed by atoms with Gasteiger partial charge in [0.25, 0.3) is 0 Å².